The monoisotopic (exact) mass is 399 g/mol. The number of likely N-dealkylation sites (N-methyl/N-ethyl adjacent to an activating group) is 1. The molecule has 0 saturated carbocycles. The third-order valence-electron chi connectivity index (χ3n) is 3.42. The van der Waals surface area contributed by atoms with Gasteiger partial charge in [-0.1, -0.05) is 22.9 Å². The van der Waals surface area contributed by atoms with Crippen molar-refractivity contribution in [1.29, 1.82) is 0 Å². The molecule has 7 heteroatoms. The number of nitrogens with one attached hydrogen (secondary N) is 2. The van der Waals surface area contributed by atoms with Crippen LogP contribution in [-0.2, 0) is 16.1 Å². The maximum atomic E-state index is 12.1. The molecule has 0 aliphatic rings. The van der Waals surface area contributed by atoms with Gasteiger partial charge in [-0.15, -0.1) is 0 Å². The Labute approximate surface area is 152 Å². The van der Waals surface area contributed by atoms with Crippen LogP contribution in [0, 0.1) is 0 Å². The maximum absolute atomic E-state index is 12.1. The van der Waals surface area contributed by atoms with Crippen LogP contribution in [0.5, 0.6) is 5.75 Å². The van der Waals surface area contributed by atoms with Crippen molar-refractivity contribution in [3.63, 3.8) is 0 Å². The van der Waals surface area contributed by atoms with Crippen LogP contribution in [0.1, 0.15) is 25.8 Å². The topological polar surface area (TPSA) is 70.7 Å². The third-order valence-corrected chi connectivity index (χ3v) is 3.91. The van der Waals surface area contributed by atoms with Crippen LogP contribution < -0.4 is 15.4 Å². The fourth-order valence-electron chi connectivity index (χ4n) is 2.22. The highest BCUT2D eigenvalue weighted by molar-refractivity contribution is 9.10. The van der Waals surface area contributed by atoms with Crippen molar-refractivity contribution in [2.24, 2.45) is 0 Å². The van der Waals surface area contributed by atoms with E-state index in [-0.39, 0.29) is 18.4 Å². The Morgan fingerprint density at radius 1 is 1.38 bits per heavy atom. The van der Waals surface area contributed by atoms with Gasteiger partial charge in [0.15, 0.2) is 0 Å². The summed E-state index contributed by atoms with van der Waals surface area (Å²) < 4.78 is 6.29. The van der Waals surface area contributed by atoms with Crippen LogP contribution in [0.2, 0.25) is 0 Å². The molecule has 2 amide bonds. The molecule has 0 fully saturated rings. The van der Waals surface area contributed by atoms with Gasteiger partial charge in [0.25, 0.3) is 0 Å². The molecular weight excluding hydrogens is 374 g/mol. The molecule has 1 rings (SSSR count). The second-order valence-corrected chi connectivity index (χ2v) is 6.62. The standard InChI is InChI=1S/C17H26BrN3O3/c1-5-8-19-17(23)12(2)20-16(22)11-21(3)10-13-9-14(18)6-7-15(13)24-4/h6-7,9,12H,5,8,10-11H2,1-4H3,(H,19,23)(H,20,22)/t12-/m1/s1. The van der Waals surface area contributed by atoms with Crippen molar-refractivity contribution in [2.75, 3.05) is 27.2 Å². The first kappa shape index (κ1) is 20.4. The molecule has 0 heterocycles. The van der Waals surface area contributed by atoms with E-state index in [4.69, 9.17) is 4.74 Å². The quantitative estimate of drug-likeness (QED) is 0.665. The average molecular weight is 400 g/mol. The van der Waals surface area contributed by atoms with E-state index in [0.29, 0.717) is 13.1 Å². The molecule has 0 spiro atoms. The van der Waals surface area contributed by atoms with Crippen LogP contribution in [0.15, 0.2) is 22.7 Å². The molecule has 0 aromatic heterocycles. The Morgan fingerprint density at radius 3 is 2.71 bits per heavy atom. The molecule has 0 bridgehead atoms. The number of benzene rings is 1. The molecule has 0 saturated heterocycles. The maximum Gasteiger partial charge on any atom is 0.242 e. The molecule has 1 atom stereocenters. The van der Waals surface area contributed by atoms with Crippen LogP contribution in [0.3, 0.4) is 0 Å². The summed E-state index contributed by atoms with van der Waals surface area (Å²) in [7, 11) is 3.47. The largest absolute Gasteiger partial charge is 0.496 e. The highest BCUT2D eigenvalue weighted by Crippen LogP contribution is 2.23. The fraction of sp³-hybridized carbons (Fsp3) is 0.529. The molecule has 1 aromatic rings. The molecule has 24 heavy (non-hydrogen) atoms. The van der Waals surface area contributed by atoms with Crippen LogP contribution in [-0.4, -0.2) is 50.0 Å². The number of carbonyl (C=O) groups excluding carboxylic acids is 2. The SMILES string of the molecule is CCCNC(=O)[C@@H](C)NC(=O)CN(C)Cc1cc(Br)ccc1OC. The Balaban J connectivity index is 2.52. The average Bonchev–Trinajstić information content (AvgIpc) is 2.52. The summed E-state index contributed by atoms with van der Waals surface area (Å²) in [5.41, 5.74) is 0.982. The van der Waals surface area contributed by atoms with Crippen molar-refractivity contribution >= 4 is 27.7 Å². The molecule has 2 N–H and O–H groups in total. The number of rotatable bonds is 9. The lowest BCUT2D eigenvalue weighted by Crippen LogP contribution is -2.47. The van der Waals surface area contributed by atoms with Crippen LogP contribution >= 0.6 is 15.9 Å². The van der Waals surface area contributed by atoms with E-state index < -0.39 is 6.04 Å². The van der Waals surface area contributed by atoms with Crippen molar-refractivity contribution in [1.82, 2.24) is 15.5 Å². The lowest BCUT2D eigenvalue weighted by atomic mass is 10.2. The number of ether oxygens (including phenoxy) is 1. The van der Waals surface area contributed by atoms with Crippen molar-refractivity contribution in [2.45, 2.75) is 32.9 Å². The second-order valence-electron chi connectivity index (χ2n) is 5.71. The lowest BCUT2D eigenvalue weighted by molar-refractivity contribution is -0.129. The Hall–Kier alpha value is -1.60. The Kier molecular flexibility index (Phi) is 8.78. The van der Waals surface area contributed by atoms with Gasteiger partial charge in [0, 0.05) is 23.1 Å². The molecule has 134 valence electrons. The predicted molar refractivity (Wildman–Crippen MR) is 97.9 cm³/mol. The molecular formula is C17H26BrN3O3. The van der Waals surface area contributed by atoms with Crippen LogP contribution in [0.4, 0.5) is 0 Å². The minimum Gasteiger partial charge on any atom is -0.496 e. The van der Waals surface area contributed by atoms with Crippen molar-refractivity contribution in [3.8, 4) is 5.75 Å². The van der Waals surface area contributed by atoms with Crippen LogP contribution in [0.25, 0.3) is 0 Å². The highest BCUT2D eigenvalue weighted by atomic mass is 79.9. The molecule has 0 aliphatic heterocycles. The number of nitrogens with zero attached hydrogens (tertiary/aromatic N) is 1. The van der Waals surface area contributed by atoms with E-state index in [2.05, 4.69) is 26.6 Å². The number of methoxy groups -OCH3 is 1. The summed E-state index contributed by atoms with van der Waals surface area (Å²) in [6.07, 6.45) is 0.865. The van der Waals surface area contributed by atoms with Gasteiger partial charge in [0.1, 0.15) is 11.8 Å². The van der Waals surface area contributed by atoms with E-state index >= 15 is 0 Å². The summed E-state index contributed by atoms with van der Waals surface area (Å²) >= 11 is 3.44. The fourth-order valence-corrected chi connectivity index (χ4v) is 2.63. The van der Waals surface area contributed by atoms with E-state index in [9.17, 15) is 9.59 Å². The first-order valence-corrected chi connectivity index (χ1v) is 8.74. The van der Waals surface area contributed by atoms with E-state index in [0.717, 1.165) is 22.2 Å². The molecule has 6 nitrogen and oxygen atoms in total. The van der Waals surface area contributed by atoms with E-state index in [1.807, 2.05) is 37.1 Å². The van der Waals surface area contributed by atoms with E-state index in [1.54, 1.807) is 14.0 Å². The second kappa shape index (κ2) is 10.3. The summed E-state index contributed by atoms with van der Waals surface area (Å²) in [5, 5.41) is 5.47. The van der Waals surface area contributed by atoms with E-state index in [1.165, 1.54) is 0 Å². The number of halogens is 1. The van der Waals surface area contributed by atoms with Crippen molar-refractivity contribution < 1.29 is 14.3 Å². The predicted octanol–water partition coefficient (Wildman–Crippen LogP) is 1.92. The summed E-state index contributed by atoms with van der Waals surface area (Å²) in [5.74, 6) is 0.421. The van der Waals surface area contributed by atoms with Gasteiger partial charge in [-0.3, -0.25) is 14.5 Å². The Bertz CT molecular complexity index is 566. The Morgan fingerprint density at radius 2 is 2.08 bits per heavy atom. The molecule has 0 radical (unpaired) electrons. The normalized spacial score (nSPS) is 11.9. The minimum absolute atomic E-state index is 0.165. The number of carbonyl (C=O) groups is 2. The number of hydrogen-bond acceptors (Lipinski definition) is 4. The van der Waals surface area contributed by atoms with Gasteiger partial charge >= 0.3 is 0 Å². The molecule has 0 aliphatic carbocycles. The summed E-state index contributed by atoms with van der Waals surface area (Å²) in [4.78, 5) is 25.7. The summed E-state index contributed by atoms with van der Waals surface area (Å²) in [6.45, 7) is 5.03. The van der Waals surface area contributed by atoms with Gasteiger partial charge in [0.05, 0.1) is 13.7 Å². The zero-order valence-corrected chi connectivity index (χ0v) is 16.3. The molecule has 0 unspecified atom stereocenters. The van der Waals surface area contributed by atoms with Gasteiger partial charge < -0.3 is 15.4 Å². The van der Waals surface area contributed by atoms with Crippen molar-refractivity contribution in [3.05, 3.63) is 28.2 Å². The smallest absolute Gasteiger partial charge is 0.242 e. The third kappa shape index (κ3) is 6.88. The van der Waals surface area contributed by atoms with Gasteiger partial charge in [-0.05, 0) is 38.6 Å². The number of amides is 2. The highest BCUT2D eigenvalue weighted by Gasteiger charge is 2.16. The first-order valence-electron chi connectivity index (χ1n) is 7.95. The summed E-state index contributed by atoms with van der Waals surface area (Å²) in [6, 6.07) is 5.21. The number of hydrogen-bond donors (Lipinski definition) is 2. The van der Waals surface area contributed by atoms with Gasteiger partial charge in [-0.2, -0.15) is 0 Å². The zero-order valence-electron chi connectivity index (χ0n) is 14.7. The van der Waals surface area contributed by atoms with Gasteiger partial charge in [-0.25, -0.2) is 0 Å². The van der Waals surface area contributed by atoms with Gasteiger partial charge in [0.2, 0.25) is 11.8 Å². The first-order chi connectivity index (χ1) is 11.4. The molecule has 1 aromatic carbocycles. The zero-order chi connectivity index (χ0) is 18.1. The lowest BCUT2D eigenvalue weighted by Gasteiger charge is -2.20. The minimum atomic E-state index is -0.544.